The Kier molecular flexibility index (Phi) is 5.45. The van der Waals surface area contributed by atoms with E-state index in [0.717, 1.165) is 6.07 Å². The van der Waals surface area contributed by atoms with Crippen LogP contribution in [-0.2, 0) is 11.0 Å². The molecule has 0 radical (unpaired) electrons. The molecule has 1 saturated heterocycles. The van der Waals surface area contributed by atoms with Crippen LogP contribution in [0.1, 0.15) is 11.1 Å². The molecule has 146 valence electrons. The first-order chi connectivity index (χ1) is 13.3. The second-order valence-corrected chi connectivity index (χ2v) is 6.85. The summed E-state index contributed by atoms with van der Waals surface area (Å²) in [6, 6.07) is 12.0. The molecule has 0 aliphatic carbocycles. The standard InChI is InChI=1S/C21H18F3NO3/c22-21(23,24)18-10-15(6-8-17(18)16-4-2-1-3-5-16)7-9-19(28)25-11-20(12-25,13-26)14-27/h1-6,8,10,26-27H,11-14H2. The second kappa shape index (κ2) is 7.66. The molecule has 0 bridgehead atoms. The van der Waals surface area contributed by atoms with Gasteiger partial charge in [0.25, 0.3) is 5.91 Å². The van der Waals surface area contributed by atoms with Crippen molar-refractivity contribution in [2.75, 3.05) is 26.3 Å². The topological polar surface area (TPSA) is 60.8 Å². The van der Waals surface area contributed by atoms with Crippen LogP contribution in [0.3, 0.4) is 0 Å². The second-order valence-electron chi connectivity index (χ2n) is 6.85. The predicted octanol–water partition coefficient (Wildman–Crippen LogP) is 2.54. The molecule has 0 spiro atoms. The number of aliphatic hydroxyl groups excluding tert-OH is 2. The van der Waals surface area contributed by atoms with Gasteiger partial charge in [-0.05, 0) is 23.3 Å². The van der Waals surface area contributed by atoms with Crippen molar-refractivity contribution in [3.8, 4) is 23.0 Å². The number of halogens is 3. The van der Waals surface area contributed by atoms with Crippen LogP contribution in [0.5, 0.6) is 0 Å². The third kappa shape index (κ3) is 4.03. The molecule has 1 aliphatic rings. The Labute approximate surface area is 160 Å². The molecule has 2 N–H and O–H groups in total. The lowest BCUT2D eigenvalue weighted by molar-refractivity contribution is -0.143. The number of alkyl halides is 3. The highest BCUT2D eigenvalue weighted by molar-refractivity contribution is 5.94. The minimum absolute atomic E-state index is 0.0448. The maximum Gasteiger partial charge on any atom is 0.417 e. The molecule has 3 rings (SSSR count). The molecule has 1 heterocycles. The van der Waals surface area contributed by atoms with Crippen molar-refractivity contribution in [1.29, 1.82) is 0 Å². The largest absolute Gasteiger partial charge is 0.417 e. The van der Waals surface area contributed by atoms with Crippen LogP contribution in [0, 0.1) is 17.3 Å². The van der Waals surface area contributed by atoms with E-state index in [9.17, 15) is 28.2 Å². The molecule has 1 amide bonds. The van der Waals surface area contributed by atoms with E-state index in [-0.39, 0.29) is 37.4 Å². The summed E-state index contributed by atoms with van der Waals surface area (Å²) in [4.78, 5) is 13.4. The first kappa shape index (κ1) is 19.9. The number of likely N-dealkylation sites (tertiary alicyclic amines) is 1. The quantitative estimate of drug-likeness (QED) is 0.794. The number of amides is 1. The van der Waals surface area contributed by atoms with Gasteiger partial charge in [-0.25, -0.2) is 0 Å². The van der Waals surface area contributed by atoms with Gasteiger partial charge < -0.3 is 15.1 Å². The molecule has 1 aliphatic heterocycles. The van der Waals surface area contributed by atoms with Gasteiger partial charge >= 0.3 is 6.18 Å². The fourth-order valence-electron chi connectivity index (χ4n) is 3.09. The van der Waals surface area contributed by atoms with Crippen LogP contribution < -0.4 is 0 Å². The molecular formula is C21H18F3NO3. The average molecular weight is 389 g/mol. The summed E-state index contributed by atoms with van der Waals surface area (Å²) in [6.45, 7) is -0.185. The smallest absolute Gasteiger partial charge is 0.396 e. The lowest BCUT2D eigenvalue weighted by Gasteiger charge is -2.47. The summed E-state index contributed by atoms with van der Waals surface area (Å²) in [5.41, 5.74) is -0.977. The van der Waals surface area contributed by atoms with Crippen LogP contribution in [0.2, 0.25) is 0 Å². The van der Waals surface area contributed by atoms with Gasteiger partial charge in [0.15, 0.2) is 0 Å². The molecule has 1 fully saturated rings. The number of hydrogen-bond acceptors (Lipinski definition) is 3. The molecule has 0 atom stereocenters. The number of rotatable bonds is 3. The van der Waals surface area contributed by atoms with Crippen molar-refractivity contribution < 1.29 is 28.2 Å². The molecule has 2 aromatic rings. The van der Waals surface area contributed by atoms with Crippen molar-refractivity contribution in [3.63, 3.8) is 0 Å². The zero-order valence-electron chi connectivity index (χ0n) is 14.8. The average Bonchev–Trinajstić information content (AvgIpc) is 2.66. The Morgan fingerprint density at radius 2 is 1.71 bits per heavy atom. The van der Waals surface area contributed by atoms with Gasteiger partial charge in [-0.1, -0.05) is 42.3 Å². The SMILES string of the molecule is O=C(C#Cc1ccc(-c2ccccc2)c(C(F)(F)F)c1)N1CC(CO)(CO)C1. The van der Waals surface area contributed by atoms with E-state index in [1.165, 1.54) is 17.0 Å². The summed E-state index contributed by atoms with van der Waals surface area (Å²) in [5.74, 6) is 4.26. The Morgan fingerprint density at radius 1 is 1.07 bits per heavy atom. The maximum atomic E-state index is 13.5. The van der Waals surface area contributed by atoms with Gasteiger partial charge in [0.1, 0.15) is 0 Å². The van der Waals surface area contributed by atoms with Crippen LogP contribution in [-0.4, -0.2) is 47.3 Å². The summed E-state index contributed by atoms with van der Waals surface area (Å²) >= 11 is 0. The number of hydrogen-bond donors (Lipinski definition) is 2. The van der Waals surface area contributed by atoms with E-state index in [0.29, 0.717) is 5.56 Å². The van der Waals surface area contributed by atoms with Crippen molar-refractivity contribution in [3.05, 3.63) is 59.7 Å². The fraction of sp³-hybridized carbons (Fsp3) is 0.286. The third-order valence-corrected chi connectivity index (χ3v) is 4.73. The Morgan fingerprint density at radius 3 is 2.29 bits per heavy atom. The van der Waals surface area contributed by atoms with Crippen LogP contribution in [0.4, 0.5) is 13.2 Å². The Bertz CT molecular complexity index is 917. The van der Waals surface area contributed by atoms with E-state index in [4.69, 9.17) is 0 Å². The van der Waals surface area contributed by atoms with Gasteiger partial charge in [-0.15, -0.1) is 0 Å². The van der Waals surface area contributed by atoms with Gasteiger partial charge in [0.05, 0.1) is 24.2 Å². The highest BCUT2D eigenvalue weighted by Gasteiger charge is 2.44. The van der Waals surface area contributed by atoms with Crippen LogP contribution in [0.25, 0.3) is 11.1 Å². The van der Waals surface area contributed by atoms with Gasteiger partial charge in [0, 0.05) is 24.6 Å². The lowest BCUT2D eigenvalue weighted by Crippen LogP contribution is -2.61. The normalized spacial score (nSPS) is 15.4. The first-order valence-corrected chi connectivity index (χ1v) is 8.57. The van der Waals surface area contributed by atoms with E-state index >= 15 is 0 Å². The predicted molar refractivity (Wildman–Crippen MR) is 96.9 cm³/mol. The molecule has 0 saturated carbocycles. The molecule has 2 aromatic carbocycles. The first-order valence-electron chi connectivity index (χ1n) is 8.57. The molecule has 28 heavy (non-hydrogen) atoms. The van der Waals surface area contributed by atoms with Crippen molar-refractivity contribution >= 4 is 5.91 Å². The number of carbonyl (C=O) groups is 1. The maximum absolute atomic E-state index is 13.5. The van der Waals surface area contributed by atoms with Crippen molar-refractivity contribution in [1.82, 2.24) is 4.90 Å². The summed E-state index contributed by atoms with van der Waals surface area (Å²) in [6.07, 6.45) is -4.56. The number of aliphatic hydroxyl groups is 2. The van der Waals surface area contributed by atoms with E-state index < -0.39 is 23.1 Å². The fourth-order valence-corrected chi connectivity index (χ4v) is 3.09. The number of benzene rings is 2. The van der Waals surface area contributed by atoms with Gasteiger partial charge in [-0.3, -0.25) is 4.79 Å². The summed E-state index contributed by atoms with van der Waals surface area (Å²) in [5, 5.41) is 18.5. The third-order valence-electron chi connectivity index (χ3n) is 4.73. The molecular weight excluding hydrogens is 371 g/mol. The van der Waals surface area contributed by atoms with E-state index in [1.54, 1.807) is 30.3 Å². The summed E-state index contributed by atoms with van der Waals surface area (Å²) in [7, 11) is 0. The Balaban J connectivity index is 1.83. The molecule has 0 aromatic heterocycles. The minimum Gasteiger partial charge on any atom is -0.396 e. The highest BCUT2D eigenvalue weighted by Crippen LogP contribution is 2.37. The monoisotopic (exact) mass is 389 g/mol. The minimum atomic E-state index is -4.56. The number of carbonyl (C=O) groups excluding carboxylic acids is 1. The van der Waals surface area contributed by atoms with Gasteiger partial charge in [-0.2, -0.15) is 13.2 Å². The zero-order chi connectivity index (χ0) is 20.4. The molecule has 0 unspecified atom stereocenters. The van der Waals surface area contributed by atoms with Gasteiger partial charge in [0.2, 0.25) is 0 Å². The van der Waals surface area contributed by atoms with Crippen molar-refractivity contribution in [2.45, 2.75) is 6.18 Å². The van der Waals surface area contributed by atoms with E-state index in [1.807, 2.05) is 0 Å². The lowest BCUT2D eigenvalue weighted by atomic mass is 9.81. The molecule has 7 heteroatoms. The Hall–Kier alpha value is -2.82. The van der Waals surface area contributed by atoms with Crippen molar-refractivity contribution in [2.24, 2.45) is 5.41 Å². The van der Waals surface area contributed by atoms with Crippen LogP contribution >= 0.6 is 0 Å². The summed E-state index contributed by atoms with van der Waals surface area (Å²) < 4.78 is 40.5. The number of nitrogens with zero attached hydrogens (tertiary/aromatic N) is 1. The van der Waals surface area contributed by atoms with E-state index in [2.05, 4.69) is 11.8 Å². The zero-order valence-corrected chi connectivity index (χ0v) is 14.8. The highest BCUT2D eigenvalue weighted by atomic mass is 19.4. The molecule has 4 nitrogen and oxygen atoms in total. The van der Waals surface area contributed by atoms with Crippen LogP contribution in [0.15, 0.2) is 48.5 Å².